The lowest BCUT2D eigenvalue weighted by Crippen LogP contribution is -2.08. The summed E-state index contributed by atoms with van der Waals surface area (Å²) in [5.74, 6) is 1.12. The smallest absolute Gasteiger partial charge is 0.337 e. The highest BCUT2D eigenvalue weighted by Crippen LogP contribution is 2.31. The molecule has 72 heavy (non-hydrogen) atoms. The van der Waals surface area contributed by atoms with E-state index in [1.54, 1.807) is 67.5 Å². The van der Waals surface area contributed by atoms with Crippen LogP contribution in [-0.2, 0) is 27.3 Å². The Bertz CT molecular complexity index is 2530. The van der Waals surface area contributed by atoms with Gasteiger partial charge in [-0.3, -0.25) is 0 Å². The number of aromatic carboxylic acids is 1. The first kappa shape index (κ1) is 61.1. The normalized spacial score (nSPS) is 9.75. The molecule has 0 aliphatic carbocycles. The molecule has 4 aromatic carbocycles. The summed E-state index contributed by atoms with van der Waals surface area (Å²) in [6.07, 6.45) is 10.5. The Morgan fingerprint density at radius 1 is 0.472 bits per heavy atom. The summed E-state index contributed by atoms with van der Waals surface area (Å²) in [5.41, 5.74) is 1.37. The average molecular weight is 1200 g/mol. The van der Waals surface area contributed by atoms with Gasteiger partial charge in [-0.05, 0) is 72.8 Å². The average Bonchev–Trinajstić information content (AvgIpc) is 4.16. The number of aromatic hydroxyl groups is 1. The number of hydrogen-bond acceptors (Lipinski definition) is 17. The van der Waals surface area contributed by atoms with E-state index in [0.29, 0.717) is 84.1 Å². The lowest BCUT2D eigenvalue weighted by atomic mass is 10.2. The molecule has 0 atom stereocenters. The van der Waals surface area contributed by atoms with Crippen LogP contribution in [0.25, 0.3) is 0 Å². The van der Waals surface area contributed by atoms with Gasteiger partial charge < -0.3 is 66.7 Å². The third kappa shape index (κ3) is 21.6. The number of benzene rings is 4. The number of methoxy groups -OCH3 is 7. The maximum atomic E-state index is 11.4. The Kier molecular flexibility index (Phi) is 29.9. The van der Waals surface area contributed by atoms with Crippen LogP contribution in [0.2, 0.25) is 0 Å². The van der Waals surface area contributed by atoms with Crippen molar-refractivity contribution < 1.29 is 76.8 Å². The van der Waals surface area contributed by atoms with Gasteiger partial charge in [0.15, 0.2) is 46.0 Å². The summed E-state index contributed by atoms with van der Waals surface area (Å²) in [6.45, 7) is 2.79. The molecule has 2 N–H and O–H groups in total. The number of phenolic OH excluding ortho intramolecular Hbond substituents is 1. The fourth-order valence-corrected chi connectivity index (χ4v) is 5.58. The predicted octanol–water partition coefficient (Wildman–Crippen LogP) is 8.65. The second-order valence-corrected chi connectivity index (χ2v) is 15.9. The summed E-state index contributed by atoms with van der Waals surface area (Å²) < 4.78 is 54.5. The van der Waals surface area contributed by atoms with Gasteiger partial charge in [-0.1, -0.05) is 47.8 Å². The van der Waals surface area contributed by atoms with Crippen molar-refractivity contribution in [3.63, 3.8) is 0 Å². The number of esters is 3. The van der Waals surface area contributed by atoms with Crippen LogP contribution in [0, 0.1) is 0 Å². The van der Waals surface area contributed by atoms with Gasteiger partial charge >= 0.3 is 23.9 Å². The van der Waals surface area contributed by atoms with E-state index in [1.165, 1.54) is 80.1 Å². The molecule has 2 heterocycles. The van der Waals surface area contributed by atoms with E-state index in [2.05, 4.69) is 72.0 Å². The number of imidazole rings is 2. The number of alkyl halides is 3. The van der Waals surface area contributed by atoms with E-state index in [-0.39, 0.29) is 17.1 Å². The van der Waals surface area contributed by atoms with Crippen molar-refractivity contribution in [3.8, 4) is 46.0 Å². The van der Waals surface area contributed by atoms with Gasteiger partial charge in [0, 0.05) is 40.8 Å². The summed E-state index contributed by atoms with van der Waals surface area (Å²) >= 11 is 9.67. The zero-order chi connectivity index (χ0) is 53.3. The second kappa shape index (κ2) is 35.2. The number of aromatic nitrogens is 4. The van der Waals surface area contributed by atoms with Crippen molar-refractivity contribution in [2.75, 3.05) is 85.6 Å². The van der Waals surface area contributed by atoms with Gasteiger partial charge in [0.2, 0.25) is 0 Å². The predicted molar refractivity (Wildman–Crippen MR) is 277 cm³/mol. The Balaban J connectivity index is 0.000000324. The minimum absolute atomic E-state index is 0.00449. The van der Waals surface area contributed by atoms with E-state index in [9.17, 15) is 24.3 Å². The van der Waals surface area contributed by atoms with Crippen molar-refractivity contribution in [3.05, 3.63) is 132 Å². The highest BCUT2D eigenvalue weighted by molar-refractivity contribution is 9.12. The van der Waals surface area contributed by atoms with Crippen LogP contribution in [0.4, 0.5) is 0 Å². The van der Waals surface area contributed by atoms with Crippen LogP contribution in [0.1, 0.15) is 41.4 Å². The molecular weight excluding hydrogens is 1140 g/mol. The largest absolute Gasteiger partial charge is 0.504 e. The maximum absolute atomic E-state index is 11.4. The number of hydrogen-bond donors (Lipinski definition) is 2. The van der Waals surface area contributed by atoms with Gasteiger partial charge in [0.1, 0.15) is 13.2 Å². The van der Waals surface area contributed by atoms with E-state index in [0.717, 1.165) is 16.0 Å². The molecule has 20 nitrogen and oxygen atoms in total. The van der Waals surface area contributed by atoms with Crippen molar-refractivity contribution in [2.45, 2.75) is 13.1 Å². The number of nitrogens with zero attached hydrogens (tertiary/aromatic N) is 4. The van der Waals surface area contributed by atoms with Crippen LogP contribution >= 0.6 is 47.8 Å². The first-order valence-corrected chi connectivity index (χ1v) is 24.5. The third-order valence-corrected chi connectivity index (χ3v) is 11.1. The van der Waals surface area contributed by atoms with Crippen LogP contribution in [0.15, 0.2) is 110 Å². The van der Waals surface area contributed by atoms with Crippen LogP contribution in [-0.4, -0.2) is 139 Å². The summed E-state index contributed by atoms with van der Waals surface area (Å²) in [4.78, 5) is 52.5. The number of halogens is 3. The summed E-state index contributed by atoms with van der Waals surface area (Å²) in [5, 5.41) is 20.9. The topological polar surface area (TPSA) is 237 Å². The van der Waals surface area contributed by atoms with Crippen molar-refractivity contribution in [1.29, 1.82) is 0 Å². The van der Waals surface area contributed by atoms with Gasteiger partial charge in [-0.15, -0.1) is 0 Å². The first-order valence-electron chi connectivity index (χ1n) is 21.1. The SMILES string of the molecule is BrCCBr.COC(=O)c1ccc(O)c(OC)c1.COC(=O)c1ccc(OCCBr)c(OC)c1.COC(=O)c1ccc(OCCn2ccnc2)c(OC)c1.COc1cc(C(=O)O)ccc1OCCn1ccnc1. The Morgan fingerprint density at radius 3 is 1.14 bits per heavy atom. The van der Waals surface area contributed by atoms with E-state index >= 15 is 0 Å². The minimum Gasteiger partial charge on any atom is -0.504 e. The molecule has 0 aliphatic heterocycles. The Morgan fingerprint density at radius 2 is 0.819 bits per heavy atom. The van der Waals surface area contributed by atoms with E-state index in [4.69, 9.17) is 38.3 Å². The molecule has 390 valence electrons. The lowest BCUT2D eigenvalue weighted by molar-refractivity contribution is 0.0591. The highest BCUT2D eigenvalue weighted by atomic mass is 79.9. The molecule has 0 bridgehead atoms. The number of phenols is 1. The van der Waals surface area contributed by atoms with Crippen molar-refractivity contribution in [1.82, 2.24) is 19.1 Å². The standard InChI is InChI=1S/C14H16N2O4.C13H14N2O4.C11H13BrO4.C9H10O4.C2H4Br2/c1-18-13-9-11(14(17)19-2)3-4-12(13)20-8-7-16-6-5-15-10-16;1-18-12-8-10(13(16)17)2-3-11(12)19-7-6-15-5-4-14-9-15;1-14-10-7-8(11(13)15-2)3-4-9(10)16-6-5-12;1-12-8-5-6(9(11)13-2)3-4-7(8)10;3-1-2-4/h3-6,9-10H,7-8H2,1-2H3;2-5,8-9H,6-7H2,1H3,(H,16,17);3-4,7H,5-6H2,1-2H3;3-5,10H,1-2H3;1-2H2. The van der Waals surface area contributed by atoms with Crippen LogP contribution in [0.5, 0.6) is 46.0 Å². The molecule has 0 fully saturated rings. The van der Waals surface area contributed by atoms with Crippen LogP contribution < -0.4 is 33.2 Å². The van der Waals surface area contributed by atoms with Gasteiger partial charge in [-0.2, -0.15) is 0 Å². The quantitative estimate of drug-likeness (QED) is 0.0413. The molecular formula is C49H57Br3N4O16. The molecule has 0 radical (unpaired) electrons. The number of carbonyl (C=O) groups is 4. The number of carbonyl (C=O) groups excluding carboxylic acids is 3. The molecule has 6 aromatic rings. The zero-order valence-electron chi connectivity index (χ0n) is 40.6. The summed E-state index contributed by atoms with van der Waals surface area (Å²) in [7, 11) is 9.91. The van der Waals surface area contributed by atoms with Gasteiger partial charge in [0.05, 0.1) is 104 Å². The number of rotatable bonds is 20. The van der Waals surface area contributed by atoms with E-state index in [1.807, 2.05) is 21.5 Å². The maximum Gasteiger partial charge on any atom is 0.337 e. The molecule has 0 amide bonds. The Hall–Kier alpha value is -6.98. The molecule has 23 heteroatoms. The zero-order valence-corrected chi connectivity index (χ0v) is 45.3. The minimum atomic E-state index is -0.997. The van der Waals surface area contributed by atoms with Crippen molar-refractivity contribution in [2.24, 2.45) is 0 Å². The highest BCUT2D eigenvalue weighted by Gasteiger charge is 2.14. The molecule has 0 saturated carbocycles. The molecule has 0 saturated heterocycles. The number of carboxylic acids is 1. The molecule has 2 aromatic heterocycles. The van der Waals surface area contributed by atoms with E-state index < -0.39 is 23.9 Å². The second-order valence-electron chi connectivity index (χ2n) is 13.5. The first-order chi connectivity index (χ1) is 34.8. The fraction of sp³-hybridized carbons (Fsp3) is 0.306. The van der Waals surface area contributed by atoms with Gasteiger partial charge in [-0.25, -0.2) is 29.1 Å². The molecule has 0 aliphatic rings. The van der Waals surface area contributed by atoms with Crippen molar-refractivity contribution >= 4 is 71.7 Å². The summed E-state index contributed by atoms with van der Waals surface area (Å²) in [6, 6.07) is 18.6. The number of carboxylic acid groups (broad SMARTS) is 1. The van der Waals surface area contributed by atoms with Crippen LogP contribution in [0.3, 0.4) is 0 Å². The fourth-order valence-electron chi connectivity index (χ4n) is 5.41. The van der Waals surface area contributed by atoms with Gasteiger partial charge in [0.25, 0.3) is 0 Å². The monoisotopic (exact) mass is 1190 g/mol. The third-order valence-electron chi connectivity index (χ3n) is 8.92. The Labute approximate surface area is 442 Å². The molecule has 0 spiro atoms. The molecule has 6 rings (SSSR count). The molecule has 0 unspecified atom stereocenters. The number of ether oxygens (including phenoxy) is 10. The lowest BCUT2D eigenvalue weighted by Gasteiger charge is -2.11.